The molecule has 1 spiro atoms. The Morgan fingerprint density at radius 2 is 1.78 bits per heavy atom. The number of hydrogen-bond acceptors (Lipinski definition) is 5. The predicted octanol–water partition coefficient (Wildman–Crippen LogP) is 3.48. The molecule has 3 saturated heterocycles. The number of carbonyl (C=O) groups is 3. The van der Waals surface area contributed by atoms with Gasteiger partial charge in [0.1, 0.15) is 11.6 Å². The van der Waals surface area contributed by atoms with Crippen molar-refractivity contribution in [1.29, 1.82) is 0 Å². The fourth-order valence-corrected chi connectivity index (χ4v) is 6.97. The molecule has 3 aliphatic rings. The monoisotopic (exact) mass is 513 g/mol. The van der Waals surface area contributed by atoms with Crippen LogP contribution in [0.15, 0.2) is 18.2 Å². The van der Waals surface area contributed by atoms with Gasteiger partial charge in [-0.3, -0.25) is 14.4 Å². The van der Waals surface area contributed by atoms with E-state index in [4.69, 9.17) is 9.84 Å². The van der Waals surface area contributed by atoms with Gasteiger partial charge in [0.25, 0.3) is 0 Å². The first-order chi connectivity index (χ1) is 17.8. The van der Waals surface area contributed by atoms with Gasteiger partial charge in [-0.2, -0.15) is 0 Å². The number of aryl methyl sites for hydroxylation is 2. The van der Waals surface area contributed by atoms with E-state index in [-0.39, 0.29) is 24.3 Å². The van der Waals surface area contributed by atoms with Crippen LogP contribution in [0, 0.1) is 25.7 Å². The number of rotatable bonds is 12. The van der Waals surface area contributed by atoms with Crippen LogP contribution in [0.25, 0.3) is 0 Å². The van der Waals surface area contributed by atoms with E-state index in [0.29, 0.717) is 32.4 Å². The molecule has 2 bridgehead atoms. The molecule has 8 nitrogen and oxygen atoms in total. The van der Waals surface area contributed by atoms with Crippen LogP contribution in [0.5, 0.6) is 0 Å². The van der Waals surface area contributed by atoms with Gasteiger partial charge in [-0.1, -0.05) is 44.9 Å². The first-order valence-corrected chi connectivity index (χ1v) is 14.0. The number of unbranched alkanes of at least 4 members (excludes halogenated alkanes) is 3. The normalized spacial score (nSPS) is 30.0. The first-order valence-electron chi connectivity index (χ1n) is 14.0. The zero-order valence-electron chi connectivity index (χ0n) is 22.8. The van der Waals surface area contributed by atoms with E-state index in [1.165, 1.54) is 0 Å². The van der Waals surface area contributed by atoms with E-state index in [0.717, 1.165) is 48.9 Å². The minimum atomic E-state index is -1.01. The number of likely N-dealkylation sites (tertiary alicyclic amines) is 1. The van der Waals surface area contributed by atoms with Crippen LogP contribution in [-0.2, 0) is 19.1 Å². The molecule has 1 aromatic carbocycles. The number of carbonyl (C=O) groups excluding carboxylic acids is 3. The molecule has 0 saturated carbocycles. The number of aliphatic hydroxyl groups is 1. The number of amides is 3. The number of nitrogens with one attached hydrogen (secondary N) is 2. The molecule has 1 aromatic rings. The van der Waals surface area contributed by atoms with Crippen molar-refractivity contribution in [3.8, 4) is 0 Å². The van der Waals surface area contributed by atoms with Gasteiger partial charge in [0.15, 0.2) is 0 Å². The number of ether oxygens (including phenoxy) is 1. The highest BCUT2D eigenvalue weighted by molar-refractivity contribution is 6.04. The average Bonchev–Trinajstić information content (AvgIpc) is 3.48. The van der Waals surface area contributed by atoms with E-state index < -0.39 is 29.1 Å². The van der Waals surface area contributed by atoms with Gasteiger partial charge in [-0.05, 0) is 63.5 Å². The fraction of sp³-hybridized carbons (Fsp3) is 0.690. The summed E-state index contributed by atoms with van der Waals surface area (Å²) in [6, 6.07) is 5.08. The van der Waals surface area contributed by atoms with Crippen molar-refractivity contribution in [2.45, 2.75) is 96.3 Å². The van der Waals surface area contributed by atoms with Gasteiger partial charge >= 0.3 is 0 Å². The number of fused-ring (bicyclic) bond motifs is 1. The molecule has 4 rings (SSSR count). The van der Waals surface area contributed by atoms with Crippen molar-refractivity contribution >= 4 is 23.4 Å². The average molecular weight is 514 g/mol. The molecule has 3 fully saturated rings. The number of para-hydroxylation sites is 1. The Bertz CT molecular complexity index is 1010. The number of aliphatic hydroxyl groups excluding tert-OH is 1. The van der Waals surface area contributed by atoms with E-state index in [1.54, 1.807) is 4.90 Å². The predicted molar refractivity (Wildman–Crippen MR) is 142 cm³/mol. The largest absolute Gasteiger partial charge is 0.396 e. The van der Waals surface area contributed by atoms with E-state index >= 15 is 0 Å². The van der Waals surface area contributed by atoms with E-state index in [1.807, 2.05) is 45.9 Å². The van der Waals surface area contributed by atoms with Crippen molar-refractivity contribution in [3.05, 3.63) is 29.3 Å². The van der Waals surface area contributed by atoms with Gasteiger partial charge in [0.2, 0.25) is 17.7 Å². The second-order valence-corrected chi connectivity index (χ2v) is 11.0. The number of anilines is 1. The fourth-order valence-electron chi connectivity index (χ4n) is 6.97. The maximum absolute atomic E-state index is 14.1. The van der Waals surface area contributed by atoms with Crippen LogP contribution in [-0.4, -0.2) is 64.7 Å². The Morgan fingerprint density at radius 1 is 1.08 bits per heavy atom. The molecule has 0 aliphatic carbocycles. The lowest BCUT2D eigenvalue weighted by atomic mass is 9.65. The molecule has 37 heavy (non-hydrogen) atoms. The summed E-state index contributed by atoms with van der Waals surface area (Å²) in [5.41, 5.74) is 0.953. The van der Waals surface area contributed by atoms with Gasteiger partial charge in [0.05, 0.1) is 17.4 Å². The molecule has 3 N–H and O–H groups in total. The van der Waals surface area contributed by atoms with Crippen molar-refractivity contribution in [3.63, 3.8) is 0 Å². The lowest BCUT2D eigenvalue weighted by molar-refractivity contribution is -0.146. The van der Waals surface area contributed by atoms with Crippen LogP contribution >= 0.6 is 0 Å². The summed E-state index contributed by atoms with van der Waals surface area (Å²) in [5.74, 6) is -1.78. The Kier molecular flexibility index (Phi) is 8.29. The zero-order valence-corrected chi connectivity index (χ0v) is 22.8. The molecule has 204 valence electrons. The summed E-state index contributed by atoms with van der Waals surface area (Å²) >= 11 is 0. The highest BCUT2D eigenvalue weighted by Gasteiger charge is 2.78. The molecular weight excluding hydrogens is 470 g/mol. The smallest absolute Gasteiger partial charge is 0.250 e. The SMILES string of the molecule is CCCNC(=O)[C@H]1[C@H]2C(=O)N(CCCCCCO)C(C(=O)Nc3c(C)cccc3C)C23CC[C@]1(CC)O3. The zero-order chi connectivity index (χ0) is 26.8. The van der Waals surface area contributed by atoms with Gasteiger partial charge in [-0.25, -0.2) is 0 Å². The molecule has 2 unspecified atom stereocenters. The third kappa shape index (κ3) is 4.67. The summed E-state index contributed by atoms with van der Waals surface area (Å²) in [5, 5.41) is 15.3. The summed E-state index contributed by atoms with van der Waals surface area (Å²) in [4.78, 5) is 43.3. The standard InChI is InChI=1S/C29H43N3O5/c1-5-16-30-25(34)21-22-27(36)32(17-9-7-8-10-18-33)24(29(22)15-14-28(21,6-2)37-29)26(35)31-23-19(3)12-11-13-20(23)4/h11-13,21-22,24,33H,5-10,14-18H2,1-4H3,(H,30,34)(H,31,35)/t21-,22+,24?,28+,29?/m1/s1. The van der Waals surface area contributed by atoms with Crippen LogP contribution in [0.2, 0.25) is 0 Å². The Labute approximate surface area is 220 Å². The van der Waals surface area contributed by atoms with Gasteiger partial charge in [0, 0.05) is 25.4 Å². The Balaban J connectivity index is 1.69. The minimum absolute atomic E-state index is 0.137. The van der Waals surface area contributed by atoms with Crippen molar-refractivity contribution in [2.24, 2.45) is 11.8 Å². The lowest BCUT2D eigenvalue weighted by Crippen LogP contribution is -2.53. The number of hydrogen-bond donors (Lipinski definition) is 3. The number of benzene rings is 1. The van der Waals surface area contributed by atoms with Gasteiger partial charge < -0.3 is 25.4 Å². The number of nitrogens with zero attached hydrogens (tertiary/aromatic N) is 1. The molecule has 8 heteroatoms. The van der Waals surface area contributed by atoms with Crippen molar-refractivity contribution < 1.29 is 24.2 Å². The van der Waals surface area contributed by atoms with Crippen LogP contribution in [0.1, 0.15) is 76.3 Å². The second-order valence-electron chi connectivity index (χ2n) is 11.0. The highest BCUT2D eigenvalue weighted by Crippen LogP contribution is 2.64. The highest BCUT2D eigenvalue weighted by atomic mass is 16.5. The maximum atomic E-state index is 14.1. The minimum Gasteiger partial charge on any atom is -0.396 e. The molecule has 3 amide bonds. The molecule has 0 radical (unpaired) electrons. The summed E-state index contributed by atoms with van der Waals surface area (Å²) in [7, 11) is 0. The summed E-state index contributed by atoms with van der Waals surface area (Å²) in [6.45, 7) is 9.06. The van der Waals surface area contributed by atoms with Gasteiger partial charge in [-0.15, -0.1) is 0 Å². The topological polar surface area (TPSA) is 108 Å². The first kappa shape index (κ1) is 27.6. The molecule has 0 aromatic heterocycles. The summed E-state index contributed by atoms with van der Waals surface area (Å²) < 4.78 is 6.79. The molecule has 5 atom stereocenters. The van der Waals surface area contributed by atoms with Crippen LogP contribution in [0.3, 0.4) is 0 Å². The van der Waals surface area contributed by atoms with Crippen molar-refractivity contribution in [2.75, 3.05) is 25.0 Å². The van der Waals surface area contributed by atoms with Crippen LogP contribution < -0.4 is 10.6 Å². The quantitative estimate of drug-likeness (QED) is 0.371. The maximum Gasteiger partial charge on any atom is 0.250 e. The van der Waals surface area contributed by atoms with E-state index in [9.17, 15) is 14.4 Å². The van der Waals surface area contributed by atoms with Crippen LogP contribution in [0.4, 0.5) is 5.69 Å². The Hall–Kier alpha value is -2.45. The lowest BCUT2D eigenvalue weighted by Gasteiger charge is -2.34. The Morgan fingerprint density at radius 3 is 2.43 bits per heavy atom. The third-order valence-corrected chi connectivity index (χ3v) is 8.80. The molecular formula is C29H43N3O5. The third-order valence-electron chi connectivity index (χ3n) is 8.80. The van der Waals surface area contributed by atoms with Crippen molar-refractivity contribution in [1.82, 2.24) is 10.2 Å². The van der Waals surface area contributed by atoms with E-state index in [2.05, 4.69) is 10.6 Å². The summed E-state index contributed by atoms with van der Waals surface area (Å²) in [6.07, 6.45) is 5.84. The molecule has 3 aliphatic heterocycles. The second kappa shape index (κ2) is 11.1. The molecule has 3 heterocycles.